The second kappa shape index (κ2) is 12.2. The molecule has 0 unspecified atom stereocenters. The topological polar surface area (TPSA) is 112 Å². The molecule has 0 fully saturated rings. The van der Waals surface area contributed by atoms with Gasteiger partial charge >= 0.3 is 0 Å². The molecular weight excluding hydrogens is 542 g/mol. The first-order valence-electron chi connectivity index (χ1n) is 13.3. The molecule has 1 N–H and O–H groups in total. The van der Waals surface area contributed by atoms with Crippen molar-refractivity contribution in [1.29, 1.82) is 0 Å². The zero-order chi connectivity index (χ0) is 28.9. The number of carbonyl (C=O) groups is 1. The van der Waals surface area contributed by atoms with Crippen LogP contribution in [-0.2, 0) is 13.1 Å². The molecule has 0 aliphatic rings. The first-order valence-corrected chi connectivity index (χ1v) is 13.7. The highest BCUT2D eigenvalue weighted by molar-refractivity contribution is 6.30. The maximum absolute atomic E-state index is 13.2. The lowest BCUT2D eigenvalue weighted by Gasteiger charge is -2.15. The number of unbranched alkanes of at least 4 members (excludes halogenated alkanes) is 2. The molecule has 5 rings (SSSR count). The SMILES string of the molecule is CCCCCn1c(-c2ccc(C(=O)NCc3ccc([N+](=O)[O-])cc3)cc2)cc(=O)n2cc(-c3ccc(Cl)cc3)nc12. The van der Waals surface area contributed by atoms with Crippen LogP contribution in [-0.4, -0.2) is 24.8 Å². The Kier molecular flexibility index (Phi) is 8.26. The van der Waals surface area contributed by atoms with E-state index in [0.717, 1.165) is 41.6 Å². The molecule has 0 spiro atoms. The van der Waals surface area contributed by atoms with Gasteiger partial charge in [0.15, 0.2) is 0 Å². The van der Waals surface area contributed by atoms with Crippen molar-refractivity contribution < 1.29 is 9.72 Å². The molecule has 0 aliphatic carbocycles. The summed E-state index contributed by atoms with van der Waals surface area (Å²) in [5.41, 5.74) is 4.08. The number of nitro groups is 1. The fourth-order valence-electron chi connectivity index (χ4n) is 4.65. The van der Waals surface area contributed by atoms with E-state index in [4.69, 9.17) is 16.6 Å². The maximum atomic E-state index is 13.2. The van der Waals surface area contributed by atoms with Crippen molar-refractivity contribution in [3.63, 3.8) is 0 Å². The fraction of sp³-hybridized carbons (Fsp3) is 0.194. The van der Waals surface area contributed by atoms with Crippen molar-refractivity contribution in [3.05, 3.63) is 122 Å². The predicted octanol–water partition coefficient (Wildman–Crippen LogP) is 6.51. The maximum Gasteiger partial charge on any atom is 0.269 e. The van der Waals surface area contributed by atoms with Gasteiger partial charge in [0.05, 0.1) is 16.3 Å². The molecule has 2 aromatic heterocycles. The predicted molar refractivity (Wildman–Crippen MR) is 159 cm³/mol. The van der Waals surface area contributed by atoms with Gasteiger partial charge in [-0.2, -0.15) is 0 Å². The van der Waals surface area contributed by atoms with E-state index in [1.54, 1.807) is 53.1 Å². The lowest BCUT2D eigenvalue weighted by Crippen LogP contribution is -2.22. The summed E-state index contributed by atoms with van der Waals surface area (Å²) in [7, 11) is 0. The first-order chi connectivity index (χ1) is 19.8. The van der Waals surface area contributed by atoms with Crippen molar-refractivity contribution in [2.24, 2.45) is 0 Å². The molecule has 0 aliphatic heterocycles. The van der Waals surface area contributed by atoms with Gasteiger partial charge in [0.2, 0.25) is 5.78 Å². The number of nitrogens with zero attached hydrogens (tertiary/aromatic N) is 4. The minimum atomic E-state index is -0.462. The molecule has 0 bridgehead atoms. The smallest absolute Gasteiger partial charge is 0.269 e. The molecule has 3 aromatic carbocycles. The third-order valence-electron chi connectivity index (χ3n) is 6.89. The molecule has 41 heavy (non-hydrogen) atoms. The number of imidazole rings is 1. The highest BCUT2D eigenvalue weighted by Gasteiger charge is 2.16. The fourth-order valence-corrected chi connectivity index (χ4v) is 4.77. The van der Waals surface area contributed by atoms with Gasteiger partial charge in [-0.15, -0.1) is 0 Å². The van der Waals surface area contributed by atoms with E-state index in [-0.39, 0.29) is 23.7 Å². The highest BCUT2D eigenvalue weighted by atomic mass is 35.5. The molecule has 2 heterocycles. The number of aromatic nitrogens is 3. The molecule has 0 radical (unpaired) electrons. The zero-order valence-corrected chi connectivity index (χ0v) is 23.2. The number of nitrogens with one attached hydrogen (secondary N) is 1. The van der Waals surface area contributed by atoms with Crippen molar-refractivity contribution in [3.8, 4) is 22.5 Å². The zero-order valence-electron chi connectivity index (χ0n) is 22.4. The molecule has 10 heteroatoms. The lowest BCUT2D eigenvalue weighted by atomic mass is 10.1. The number of halogens is 1. The Labute approximate surface area is 241 Å². The van der Waals surface area contributed by atoms with E-state index in [1.807, 2.05) is 24.3 Å². The van der Waals surface area contributed by atoms with Gasteiger partial charge in [0.25, 0.3) is 17.2 Å². The van der Waals surface area contributed by atoms with Gasteiger partial charge in [0.1, 0.15) is 0 Å². The van der Waals surface area contributed by atoms with Crippen LogP contribution in [0.15, 0.2) is 89.9 Å². The van der Waals surface area contributed by atoms with Crippen LogP contribution in [0.2, 0.25) is 5.02 Å². The van der Waals surface area contributed by atoms with Gasteiger partial charge in [-0.25, -0.2) is 4.98 Å². The number of rotatable bonds is 10. The summed E-state index contributed by atoms with van der Waals surface area (Å²) in [6.45, 7) is 3.06. The van der Waals surface area contributed by atoms with Gasteiger partial charge in [0, 0.05) is 53.6 Å². The van der Waals surface area contributed by atoms with E-state index < -0.39 is 4.92 Å². The molecule has 0 saturated heterocycles. The van der Waals surface area contributed by atoms with Gasteiger partial charge in [-0.05, 0) is 41.8 Å². The largest absolute Gasteiger partial charge is 0.348 e. The number of non-ortho nitro benzene ring substituents is 1. The minimum absolute atomic E-state index is 0.00132. The second-order valence-electron chi connectivity index (χ2n) is 9.71. The number of carbonyl (C=O) groups excluding carboxylic acids is 1. The standard InChI is InChI=1S/C31H28ClN5O4/c1-2-3-4-17-35-28(18-29(38)36-20-27(34-31(35)36)22-11-13-25(32)14-12-22)23-7-9-24(10-8-23)30(39)33-19-21-5-15-26(16-6-21)37(40)41/h5-16,18,20H,2-4,17,19H2,1H3,(H,33,39). The third kappa shape index (κ3) is 6.20. The van der Waals surface area contributed by atoms with Crippen LogP contribution in [0.5, 0.6) is 0 Å². The Morgan fingerprint density at radius 3 is 2.32 bits per heavy atom. The number of nitro benzene ring substituents is 1. The van der Waals surface area contributed by atoms with E-state index in [0.29, 0.717) is 28.6 Å². The summed E-state index contributed by atoms with van der Waals surface area (Å²) >= 11 is 6.05. The Hall–Kier alpha value is -4.76. The van der Waals surface area contributed by atoms with Crippen LogP contribution >= 0.6 is 11.6 Å². The molecule has 9 nitrogen and oxygen atoms in total. The highest BCUT2D eigenvalue weighted by Crippen LogP contribution is 2.25. The number of hydrogen-bond acceptors (Lipinski definition) is 5. The lowest BCUT2D eigenvalue weighted by molar-refractivity contribution is -0.384. The molecule has 1 amide bonds. The number of benzene rings is 3. The van der Waals surface area contributed by atoms with E-state index in [9.17, 15) is 19.7 Å². The molecule has 5 aromatic rings. The molecule has 0 atom stereocenters. The monoisotopic (exact) mass is 569 g/mol. The molecule has 0 saturated carbocycles. The Morgan fingerprint density at radius 2 is 1.66 bits per heavy atom. The number of hydrogen-bond donors (Lipinski definition) is 1. The van der Waals surface area contributed by atoms with Crippen molar-refractivity contribution in [1.82, 2.24) is 19.3 Å². The van der Waals surface area contributed by atoms with Crippen molar-refractivity contribution in [2.75, 3.05) is 0 Å². The van der Waals surface area contributed by atoms with Gasteiger partial charge in [-0.1, -0.05) is 67.8 Å². The van der Waals surface area contributed by atoms with Crippen LogP contribution < -0.4 is 10.9 Å². The third-order valence-corrected chi connectivity index (χ3v) is 7.14. The average Bonchev–Trinajstić information content (AvgIpc) is 3.44. The van der Waals surface area contributed by atoms with E-state index >= 15 is 0 Å². The van der Waals surface area contributed by atoms with Crippen LogP contribution in [0, 0.1) is 10.1 Å². The van der Waals surface area contributed by atoms with Crippen LogP contribution in [0.4, 0.5) is 5.69 Å². The summed E-state index contributed by atoms with van der Waals surface area (Å²) in [5, 5.41) is 14.3. The first kappa shape index (κ1) is 27.8. The summed E-state index contributed by atoms with van der Waals surface area (Å²) in [4.78, 5) is 41.2. The average molecular weight is 570 g/mol. The van der Waals surface area contributed by atoms with Crippen LogP contribution in [0.3, 0.4) is 0 Å². The quantitative estimate of drug-likeness (QED) is 0.117. The van der Waals surface area contributed by atoms with E-state index in [1.165, 1.54) is 12.1 Å². The Bertz CT molecular complexity index is 1760. The van der Waals surface area contributed by atoms with Gasteiger partial charge < -0.3 is 9.88 Å². The van der Waals surface area contributed by atoms with Crippen molar-refractivity contribution in [2.45, 2.75) is 39.3 Å². The normalized spacial score (nSPS) is 11.1. The Balaban J connectivity index is 1.42. The van der Waals surface area contributed by atoms with Crippen molar-refractivity contribution >= 4 is 29.0 Å². The number of aryl methyl sites for hydroxylation is 1. The second-order valence-corrected chi connectivity index (χ2v) is 10.1. The molecular formula is C31H28ClN5O4. The Morgan fingerprint density at radius 1 is 0.976 bits per heavy atom. The summed E-state index contributed by atoms with van der Waals surface area (Å²) in [5.74, 6) is 0.282. The molecule has 208 valence electrons. The number of fused-ring (bicyclic) bond motifs is 1. The summed E-state index contributed by atoms with van der Waals surface area (Å²) < 4.78 is 3.62. The minimum Gasteiger partial charge on any atom is -0.348 e. The van der Waals surface area contributed by atoms with E-state index in [2.05, 4.69) is 16.8 Å². The number of amides is 1. The van der Waals surface area contributed by atoms with Crippen LogP contribution in [0.1, 0.15) is 42.1 Å². The summed E-state index contributed by atoms with van der Waals surface area (Å²) in [6, 6.07) is 22.1. The van der Waals surface area contributed by atoms with Gasteiger partial charge in [-0.3, -0.25) is 24.1 Å². The summed E-state index contributed by atoms with van der Waals surface area (Å²) in [6.07, 6.45) is 4.77. The van der Waals surface area contributed by atoms with Crippen LogP contribution in [0.25, 0.3) is 28.3 Å².